The van der Waals surface area contributed by atoms with Gasteiger partial charge in [-0.3, -0.25) is 4.79 Å². The molecule has 3 aliphatic rings. The molecular formula is C29H31N3O6S. The van der Waals surface area contributed by atoms with E-state index in [1.165, 1.54) is 4.31 Å². The maximum absolute atomic E-state index is 13.4. The van der Waals surface area contributed by atoms with Crippen molar-refractivity contribution in [2.45, 2.75) is 61.7 Å². The number of anilines is 1. The van der Waals surface area contributed by atoms with Gasteiger partial charge in [0.15, 0.2) is 11.5 Å². The first kappa shape index (κ1) is 25.8. The first-order valence-corrected chi connectivity index (χ1v) is 14.6. The van der Waals surface area contributed by atoms with Crippen LogP contribution in [0.4, 0.5) is 5.82 Å². The van der Waals surface area contributed by atoms with Gasteiger partial charge in [-0.1, -0.05) is 24.3 Å². The number of aliphatic hydroxyl groups is 1. The maximum atomic E-state index is 13.4. The van der Waals surface area contributed by atoms with Crippen LogP contribution >= 0.6 is 0 Å². The van der Waals surface area contributed by atoms with Crippen molar-refractivity contribution in [3.8, 4) is 22.8 Å². The Morgan fingerprint density at radius 1 is 1.08 bits per heavy atom. The van der Waals surface area contributed by atoms with Gasteiger partial charge < -0.3 is 19.9 Å². The fourth-order valence-electron chi connectivity index (χ4n) is 5.43. The normalized spacial score (nSPS) is 21.1. The largest absolute Gasteiger partial charge is 0.449 e. The number of benzene rings is 2. The topological polar surface area (TPSA) is 118 Å². The number of fused-ring (bicyclic) bond motifs is 1. The minimum atomic E-state index is -3.69. The van der Waals surface area contributed by atoms with E-state index in [1.54, 1.807) is 36.4 Å². The molecule has 1 saturated carbocycles. The Hall–Kier alpha value is -3.47. The van der Waals surface area contributed by atoms with E-state index >= 15 is 0 Å². The van der Waals surface area contributed by atoms with Crippen molar-refractivity contribution in [1.82, 2.24) is 9.29 Å². The number of nitrogens with zero attached hydrogens (tertiary/aromatic N) is 2. The number of nitrogens with one attached hydrogen (secondary N) is 1. The van der Waals surface area contributed by atoms with Crippen LogP contribution < -0.4 is 14.8 Å². The number of carbonyl (C=O) groups is 1. The second-order valence-corrected chi connectivity index (χ2v) is 12.7. The number of pyridine rings is 1. The monoisotopic (exact) mass is 549 g/mol. The number of aliphatic hydroxyl groups excluding tert-OH is 1. The van der Waals surface area contributed by atoms with E-state index in [-0.39, 0.29) is 23.5 Å². The lowest BCUT2D eigenvalue weighted by atomic mass is 9.94. The number of hydrogen-bond donors (Lipinski definition) is 2. The van der Waals surface area contributed by atoms with Gasteiger partial charge in [0.1, 0.15) is 5.82 Å². The molecule has 0 spiro atoms. The summed E-state index contributed by atoms with van der Waals surface area (Å²) in [7, 11) is -3.69. The van der Waals surface area contributed by atoms with E-state index in [0.29, 0.717) is 36.0 Å². The highest BCUT2D eigenvalue weighted by atomic mass is 32.2. The van der Waals surface area contributed by atoms with Crippen LogP contribution in [-0.4, -0.2) is 53.7 Å². The molecule has 0 radical (unpaired) electrons. The number of rotatable bonds is 7. The highest BCUT2D eigenvalue weighted by Gasteiger charge is 2.52. The molecule has 0 unspecified atom stereocenters. The van der Waals surface area contributed by atoms with Gasteiger partial charge in [0.25, 0.3) is 0 Å². The Morgan fingerprint density at radius 2 is 1.82 bits per heavy atom. The minimum Gasteiger partial charge on any atom is -0.449 e. The zero-order chi connectivity index (χ0) is 27.4. The van der Waals surface area contributed by atoms with Crippen molar-refractivity contribution >= 4 is 21.7 Å². The molecule has 3 aromatic rings. The number of sulfonamides is 1. The molecule has 204 valence electrons. The second-order valence-electron chi connectivity index (χ2n) is 10.8. The zero-order valence-electron chi connectivity index (χ0n) is 21.9. The number of hydrogen-bond acceptors (Lipinski definition) is 7. The summed E-state index contributed by atoms with van der Waals surface area (Å²) in [5.41, 5.74) is 1.58. The predicted molar refractivity (Wildman–Crippen MR) is 145 cm³/mol. The number of carbonyl (C=O) groups excluding carboxylic acids is 1. The minimum absolute atomic E-state index is 0.129. The average Bonchev–Trinajstić information content (AvgIpc) is 3.47. The summed E-state index contributed by atoms with van der Waals surface area (Å²) in [5.74, 6) is 0.865. The van der Waals surface area contributed by atoms with Crippen LogP contribution in [0.5, 0.6) is 11.5 Å². The molecule has 2 fully saturated rings. The van der Waals surface area contributed by atoms with Gasteiger partial charge in [0.2, 0.25) is 21.7 Å². The van der Waals surface area contributed by atoms with E-state index in [9.17, 15) is 18.3 Å². The molecule has 3 heterocycles. The molecule has 1 amide bonds. The standard InChI is InChI=1S/C29H31N3O6S/c1-28(2)37-24-13-10-20(17-25(24)38-28)29(14-15-29)27(34)31-26-7-3-6-23(30-26)19-8-11-22(12-9-19)39(35,36)32-16-4-5-21(32)18-33/h3,6-13,17,21,33H,4-5,14-16,18H2,1-2H3,(H,30,31,34)/t21-/m1/s1. The fraction of sp³-hybridized carbons (Fsp3) is 0.379. The molecule has 1 aromatic heterocycles. The molecule has 2 aliphatic heterocycles. The number of ether oxygens (including phenoxy) is 2. The van der Waals surface area contributed by atoms with Crippen LogP contribution in [0.25, 0.3) is 11.3 Å². The van der Waals surface area contributed by atoms with E-state index in [1.807, 2.05) is 38.1 Å². The van der Waals surface area contributed by atoms with E-state index < -0.39 is 21.2 Å². The highest BCUT2D eigenvalue weighted by molar-refractivity contribution is 7.89. The molecule has 10 heteroatoms. The quantitative estimate of drug-likeness (QED) is 0.456. The lowest BCUT2D eigenvalue weighted by molar-refractivity contribution is -0.118. The Labute approximate surface area is 227 Å². The second kappa shape index (κ2) is 9.32. The highest BCUT2D eigenvalue weighted by Crippen LogP contribution is 2.52. The summed E-state index contributed by atoms with van der Waals surface area (Å²) in [6.45, 7) is 3.91. The van der Waals surface area contributed by atoms with Crippen molar-refractivity contribution in [3.63, 3.8) is 0 Å². The fourth-order valence-corrected chi connectivity index (χ4v) is 7.12. The summed E-state index contributed by atoms with van der Waals surface area (Å²) >= 11 is 0. The number of aromatic nitrogens is 1. The van der Waals surface area contributed by atoms with Gasteiger partial charge in [-0.15, -0.1) is 0 Å². The van der Waals surface area contributed by atoms with Crippen LogP contribution in [0.15, 0.2) is 65.6 Å². The number of amides is 1. The third-order valence-corrected chi connectivity index (χ3v) is 9.64. The molecule has 1 aliphatic carbocycles. The van der Waals surface area contributed by atoms with Crippen molar-refractivity contribution < 1.29 is 27.8 Å². The van der Waals surface area contributed by atoms with Crippen molar-refractivity contribution in [3.05, 3.63) is 66.2 Å². The van der Waals surface area contributed by atoms with Gasteiger partial charge in [-0.25, -0.2) is 13.4 Å². The summed E-state index contributed by atoms with van der Waals surface area (Å²) in [6.07, 6.45) is 2.85. The van der Waals surface area contributed by atoms with Crippen molar-refractivity contribution in [1.29, 1.82) is 0 Å². The molecule has 9 nitrogen and oxygen atoms in total. The van der Waals surface area contributed by atoms with Gasteiger partial charge >= 0.3 is 0 Å². The van der Waals surface area contributed by atoms with Crippen LogP contribution in [0.2, 0.25) is 0 Å². The van der Waals surface area contributed by atoms with Gasteiger partial charge in [0.05, 0.1) is 22.6 Å². The molecule has 39 heavy (non-hydrogen) atoms. The van der Waals surface area contributed by atoms with Crippen molar-refractivity contribution in [2.24, 2.45) is 0 Å². The van der Waals surface area contributed by atoms with E-state index in [2.05, 4.69) is 10.3 Å². The zero-order valence-corrected chi connectivity index (χ0v) is 22.7. The Morgan fingerprint density at radius 3 is 2.54 bits per heavy atom. The van der Waals surface area contributed by atoms with Gasteiger partial charge in [-0.05, 0) is 67.6 Å². The SMILES string of the molecule is CC1(C)Oc2ccc(C3(C(=O)Nc4cccc(-c5ccc(S(=O)(=O)N6CCC[C@@H]6CO)cc5)n4)CC3)cc2O1. The smallest absolute Gasteiger partial charge is 0.246 e. The first-order chi connectivity index (χ1) is 18.6. The summed E-state index contributed by atoms with van der Waals surface area (Å²) in [5, 5.41) is 12.5. The summed E-state index contributed by atoms with van der Waals surface area (Å²) in [6, 6.07) is 17.2. The van der Waals surface area contributed by atoms with E-state index in [0.717, 1.165) is 30.4 Å². The van der Waals surface area contributed by atoms with Crippen LogP contribution in [-0.2, 0) is 20.2 Å². The van der Waals surface area contributed by atoms with Crippen LogP contribution in [0, 0.1) is 0 Å². The average molecular weight is 550 g/mol. The molecule has 1 atom stereocenters. The lowest BCUT2D eigenvalue weighted by Gasteiger charge is -2.22. The lowest BCUT2D eigenvalue weighted by Crippen LogP contribution is -2.37. The van der Waals surface area contributed by atoms with E-state index in [4.69, 9.17) is 9.47 Å². The Balaban J connectivity index is 1.18. The Bertz CT molecular complexity index is 1530. The van der Waals surface area contributed by atoms with Crippen LogP contribution in [0.1, 0.15) is 45.1 Å². The summed E-state index contributed by atoms with van der Waals surface area (Å²) in [4.78, 5) is 18.2. The maximum Gasteiger partial charge on any atom is 0.246 e. The first-order valence-electron chi connectivity index (χ1n) is 13.2. The molecular weight excluding hydrogens is 518 g/mol. The third-order valence-electron chi connectivity index (χ3n) is 7.67. The molecule has 2 aromatic carbocycles. The molecule has 1 saturated heterocycles. The molecule has 0 bridgehead atoms. The summed E-state index contributed by atoms with van der Waals surface area (Å²) < 4.78 is 39.2. The molecule has 6 rings (SSSR count). The molecule has 2 N–H and O–H groups in total. The third kappa shape index (κ3) is 4.66. The van der Waals surface area contributed by atoms with Gasteiger partial charge in [0, 0.05) is 32.0 Å². The Kier molecular flexibility index (Phi) is 6.16. The van der Waals surface area contributed by atoms with Crippen LogP contribution in [0.3, 0.4) is 0 Å². The van der Waals surface area contributed by atoms with Gasteiger partial charge in [-0.2, -0.15) is 4.31 Å². The van der Waals surface area contributed by atoms with Crippen molar-refractivity contribution in [2.75, 3.05) is 18.5 Å². The predicted octanol–water partition coefficient (Wildman–Crippen LogP) is 4.07.